The minimum absolute atomic E-state index is 0.537. The normalized spacial score (nSPS) is 11.0. The second-order valence-electron chi connectivity index (χ2n) is 2.67. The fraction of sp³-hybridized carbons (Fsp3) is 0.300. The summed E-state index contributed by atoms with van der Waals surface area (Å²) in [4.78, 5) is 9.62. The summed E-state index contributed by atoms with van der Waals surface area (Å²) in [6.45, 7) is 3.59. The topological polar surface area (TPSA) is 37.3 Å². The first-order valence-electron chi connectivity index (χ1n) is 3.96. The van der Waals surface area contributed by atoms with Crippen LogP contribution >= 0.6 is 12.6 Å². The molecule has 3 heteroatoms. The average molecular weight is 198 g/mol. The Kier molecular flexibility index (Phi) is 6.06. The molecule has 0 aliphatic heterocycles. The van der Waals surface area contributed by atoms with Crippen molar-refractivity contribution < 1.29 is 9.90 Å². The first-order chi connectivity index (χ1) is 6.04. The standard InChI is InChI=1S/C7H8.C3H6O2S/c1-7-5-3-2-4-6-7;1-2(6)3(4)5/h2-6H,1H3;2,6H,1H3,(H,4,5). The Labute approximate surface area is 84.0 Å². The molecule has 13 heavy (non-hydrogen) atoms. The quantitative estimate of drug-likeness (QED) is 0.680. The molecule has 2 nitrogen and oxygen atoms in total. The lowest BCUT2D eigenvalue weighted by atomic mass is 10.2. The predicted molar refractivity (Wildman–Crippen MR) is 57.3 cm³/mol. The van der Waals surface area contributed by atoms with Gasteiger partial charge in [0.05, 0.1) is 5.25 Å². The summed E-state index contributed by atoms with van der Waals surface area (Å²) >= 11 is 3.59. The van der Waals surface area contributed by atoms with Crippen LogP contribution in [0.15, 0.2) is 30.3 Å². The van der Waals surface area contributed by atoms with Crippen LogP contribution in [-0.4, -0.2) is 16.3 Å². The molecule has 0 fully saturated rings. The van der Waals surface area contributed by atoms with Crippen LogP contribution in [0.5, 0.6) is 0 Å². The Bertz CT molecular complexity index is 244. The molecule has 1 aromatic carbocycles. The molecule has 0 saturated heterocycles. The van der Waals surface area contributed by atoms with Crippen molar-refractivity contribution in [1.82, 2.24) is 0 Å². The van der Waals surface area contributed by atoms with Crippen molar-refractivity contribution >= 4 is 18.6 Å². The number of hydrogen-bond donors (Lipinski definition) is 2. The Morgan fingerprint density at radius 2 is 1.77 bits per heavy atom. The zero-order valence-electron chi connectivity index (χ0n) is 7.77. The van der Waals surface area contributed by atoms with Crippen LogP contribution in [0.25, 0.3) is 0 Å². The Hall–Kier alpha value is -0.960. The van der Waals surface area contributed by atoms with E-state index in [0.29, 0.717) is 0 Å². The van der Waals surface area contributed by atoms with Crippen LogP contribution in [-0.2, 0) is 4.79 Å². The number of carboxylic acid groups (broad SMARTS) is 1. The summed E-state index contributed by atoms with van der Waals surface area (Å²) in [7, 11) is 0. The van der Waals surface area contributed by atoms with E-state index >= 15 is 0 Å². The van der Waals surface area contributed by atoms with Crippen molar-refractivity contribution in [2.24, 2.45) is 0 Å². The summed E-state index contributed by atoms with van der Waals surface area (Å²) in [5.41, 5.74) is 1.32. The molecule has 0 heterocycles. The van der Waals surface area contributed by atoms with Gasteiger partial charge in [0.1, 0.15) is 0 Å². The van der Waals surface area contributed by atoms with Crippen LogP contribution in [0.1, 0.15) is 12.5 Å². The van der Waals surface area contributed by atoms with E-state index in [4.69, 9.17) is 5.11 Å². The van der Waals surface area contributed by atoms with Crippen molar-refractivity contribution in [3.63, 3.8) is 0 Å². The van der Waals surface area contributed by atoms with Crippen LogP contribution < -0.4 is 0 Å². The summed E-state index contributed by atoms with van der Waals surface area (Å²) < 4.78 is 0. The van der Waals surface area contributed by atoms with E-state index in [1.807, 2.05) is 18.2 Å². The van der Waals surface area contributed by atoms with Gasteiger partial charge in [-0.25, -0.2) is 0 Å². The predicted octanol–water partition coefficient (Wildman–Crippen LogP) is 2.38. The molecule has 0 aliphatic carbocycles. The van der Waals surface area contributed by atoms with E-state index in [1.54, 1.807) is 0 Å². The highest BCUT2D eigenvalue weighted by molar-refractivity contribution is 7.81. The molecule has 1 unspecified atom stereocenters. The average Bonchev–Trinajstić information content (AvgIpc) is 2.06. The van der Waals surface area contributed by atoms with Crippen molar-refractivity contribution in [2.75, 3.05) is 0 Å². The first-order valence-corrected chi connectivity index (χ1v) is 4.48. The van der Waals surface area contributed by atoms with Gasteiger partial charge in [-0.05, 0) is 13.8 Å². The number of carboxylic acids is 1. The lowest BCUT2D eigenvalue weighted by Crippen LogP contribution is -2.06. The fourth-order valence-corrected chi connectivity index (χ4v) is 0.534. The second-order valence-corrected chi connectivity index (χ2v) is 3.44. The van der Waals surface area contributed by atoms with E-state index in [1.165, 1.54) is 12.5 Å². The molecule has 0 amide bonds. The highest BCUT2D eigenvalue weighted by atomic mass is 32.1. The summed E-state index contributed by atoms with van der Waals surface area (Å²) in [5, 5.41) is 7.38. The van der Waals surface area contributed by atoms with Crippen molar-refractivity contribution in [3.8, 4) is 0 Å². The molecule has 0 spiro atoms. The Morgan fingerprint density at radius 3 is 1.92 bits per heavy atom. The largest absolute Gasteiger partial charge is 0.480 e. The Morgan fingerprint density at radius 1 is 1.38 bits per heavy atom. The van der Waals surface area contributed by atoms with Crippen LogP contribution in [0, 0.1) is 6.92 Å². The molecule has 0 saturated carbocycles. The van der Waals surface area contributed by atoms with Gasteiger partial charge in [0.25, 0.3) is 0 Å². The van der Waals surface area contributed by atoms with E-state index in [-0.39, 0.29) is 0 Å². The third-order valence-corrected chi connectivity index (χ3v) is 1.52. The van der Waals surface area contributed by atoms with Gasteiger partial charge in [0.2, 0.25) is 0 Å². The van der Waals surface area contributed by atoms with Crippen molar-refractivity contribution in [3.05, 3.63) is 35.9 Å². The maximum absolute atomic E-state index is 9.62. The molecule has 1 aromatic rings. The zero-order valence-corrected chi connectivity index (χ0v) is 8.66. The lowest BCUT2D eigenvalue weighted by Gasteiger charge is -1.88. The highest BCUT2D eigenvalue weighted by Gasteiger charge is 2.00. The number of hydrogen-bond acceptors (Lipinski definition) is 2. The van der Waals surface area contributed by atoms with Gasteiger partial charge in [-0.1, -0.05) is 35.9 Å². The third kappa shape index (κ3) is 7.40. The Balaban J connectivity index is 0.000000226. The fourth-order valence-electron chi connectivity index (χ4n) is 0.534. The van der Waals surface area contributed by atoms with E-state index in [2.05, 4.69) is 31.7 Å². The SMILES string of the molecule is CC(S)C(=O)O.Cc1ccccc1. The van der Waals surface area contributed by atoms with E-state index < -0.39 is 11.2 Å². The number of aryl methyl sites for hydroxylation is 1. The van der Waals surface area contributed by atoms with Crippen LogP contribution in [0.2, 0.25) is 0 Å². The molecule has 1 rings (SSSR count). The molecule has 1 atom stereocenters. The highest BCUT2D eigenvalue weighted by Crippen LogP contribution is 1.92. The van der Waals surface area contributed by atoms with Crippen LogP contribution in [0.3, 0.4) is 0 Å². The monoisotopic (exact) mass is 198 g/mol. The minimum Gasteiger partial charge on any atom is -0.480 e. The first kappa shape index (κ1) is 12.0. The summed E-state index contributed by atoms with van der Waals surface area (Å²) in [6, 6.07) is 10.3. The van der Waals surface area contributed by atoms with Gasteiger partial charge in [-0.15, -0.1) is 0 Å². The number of carbonyl (C=O) groups is 1. The maximum atomic E-state index is 9.62. The number of thiol groups is 1. The molecular formula is C10H14O2S. The van der Waals surface area contributed by atoms with Crippen molar-refractivity contribution in [2.45, 2.75) is 19.1 Å². The number of benzene rings is 1. The van der Waals surface area contributed by atoms with Gasteiger partial charge in [0.15, 0.2) is 0 Å². The third-order valence-electron chi connectivity index (χ3n) is 1.30. The smallest absolute Gasteiger partial charge is 0.316 e. The molecule has 72 valence electrons. The zero-order chi connectivity index (χ0) is 10.3. The molecule has 0 aliphatic rings. The number of aliphatic carboxylic acids is 1. The number of rotatable bonds is 1. The minimum atomic E-state index is -0.877. The van der Waals surface area contributed by atoms with E-state index in [0.717, 1.165) is 0 Å². The van der Waals surface area contributed by atoms with Gasteiger partial charge in [-0.2, -0.15) is 12.6 Å². The summed E-state index contributed by atoms with van der Waals surface area (Å²) in [6.07, 6.45) is 0. The maximum Gasteiger partial charge on any atom is 0.316 e. The van der Waals surface area contributed by atoms with Gasteiger partial charge in [-0.3, -0.25) is 4.79 Å². The lowest BCUT2D eigenvalue weighted by molar-refractivity contribution is -0.136. The molecule has 0 radical (unpaired) electrons. The van der Waals surface area contributed by atoms with Gasteiger partial charge >= 0.3 is 5.97 Å². The van der Waals surface area contributed by atoms with E-state index in [9.17, 15) is 4.79 Å². The van der Waals surface area contributed by atoms with Crippen LogP contribution in [0.4, 0.5) is 0 Å². The molecule has 0 bridgehead atoms. The second kappa shape index (κ2) is 6.54. The molecule has 0 aromatic heterocycles. The molecule has 1 N–H and O–H groups in total. The van der Waals surface area contributed by atoms with Gasteiger partial charge < -0.3 is 5.11 Å². The van der Waals surface area contributed by atoms with Gasteiger partial charge in [0, 0.05) is 0 Å². The summed E-state index contributed by atoms with van der Waals surface area (Å²) in [5.74, 6) is -0.877. The molecular weight excluding hydrogens is 184 g/mol. The van der Waals surface area contributed by atoms with Crippen molar-refractivity contribution in [1.29, 1.82) is 0 Å².